The van der Waals surface area contributed by atoms with Crippen LogP contribution in [0.5, 0.6) is 17.2 Å². The van der Waals surface area contributed by atoms with Gasteiger partial charge in [0.25, 0.3) is 5.91 Å². The standard InChI is InChI=1S/C26H26N2O5/c1-28-24(16-9-12-18(31-2)13-10-16)23(19-7-5-6-8-20(19)26(28)30)25(29)27-17-11-14-21(32-3)22(15-17)33-4/h5-15,23-24H,1-4H3,(H,27,29)/t23-,24+/m1/s1. The number of hydrogen-bond acceptors (Lipinski definition) is 5. The number of carbonyl (C=O) groups is 2. The second kappa shape index (κ2) is 9.24. The van der Waals surface area contributed by atoms with E-state index in [1.54, 1.807) is 57.5 Å². The maximum atomic E-state index is 13.7. The Labute approximate surface area is 192 Å². The predicted octanol–water partition coefficient (Wildman–Crippen LogP) is 4.26. The average molecular weight is 447 g/mol. The normalized spacial score (nSPS) is 17.2. The van der Waals surface area contributed by atoms with Crippen molar-refractivity contribution in [1.82, 2.24) is 4.90 Å². The summed E-state index contributed by atoms with van der Waals surface area (Å²) in [6.07, 6.45) is 0. The monoisotopic (exact) mass is 446 g/mol. The molecule has 0 saturated carbocycles. The van der Waals surface area contributed by atoms with E-state index in [0.29, 0.717) is 34.1 Å². The van der Waals surface area contributed by atoms with Gasteiger partial charge >= 0.3 is 0 Å². The first-order valence-corrected chi connectivity index (χ1v) is 10.5. The second-order valence-corrected chi connectivity index (χ2v) is 7.76. The van der Waals surface area contributed by atoms with Gasteiger partial charge < -0.3 is 24.4 Å². The number of fused-ring (bicyclic) bond motifs is 1. The number of amides is 2. The number of nitrogens with one attached hydrogen (secondary N) is 1. The first-order valence-electron chi connectivity index (χ1n) is 10.5. The van der Waals surface area contributed by atoms with Crippen molar-refractivity contribution in [2.75, 3.05) is 33.7 Å². The Morgan fingerprint density at radius 2 is 1.58 bits per heavy atom. The fraction of sp³-hybridized carbons (Fsp3) is 0.231. The van der Waals surface area contributed by atoms with Crippen molar-refractivity contribution in [2.24, 2.45) is 0 Å². The first-order chi connectivity index (χ1) is 16.0. The molecule has 1 N–H and O–H groups in total. The smallest absolute Gasteiger partial charge is 0.254 e. The van der Waals surface area contributed by atoms with E-state index in [0.717, 1.165) is 5.56 Å². The molecule has 1 heterocycles. The highest BCUT2D eigenvalue weighted by Crippen LogP contribution is 2.43. The van der Waals surface area contributed by atoms with Gasteiger partial charge in [0.1, 0.15) is 5.75 Å². The molecule has 0 saturated heterocycles. The van der Waals surface area contributed by atoms with E-state index in [9.17, 15) is 9.59 Å². The Morgan fingerprint density at radius 1 is 0.879 bits per heavy atom. The van der Waals surface area contributed by atoms with E-state index in [1.165, 1.54) is 0 Å². The molecule has 33 heavy (non-hydrogen) atoms. The van der Waals surface area contributed by atoms with Gasteiger partial charge in [0, 0.05) is 24.4 Å². The number of nitrogens with zero attached hydrogens (tertiary/aromatic N) is 1. The summed E-state index contributed by atoms with van der Waals surface area (Å²) in [5.41, 5.74) is 2.63. The van der Waals surface area contributed by atoms with Gasteiger partial charge in [-0.1, -0.05) is 30.3 Å². The fourth-order valence-corrected chi connectivity index (χ4v) is 4.31. The highest BCUT2D eigenvalue weighted by molar-refractivity contribution is 6.04. The molecule has 0 spiro atoms. The summed E-state index contributed by atoms with van der Waals surface area (Å²) in [5, 5.41) is 3.00. The summed E-state index contributed by atoms with van der Waals surface area (Å²) in [6.45, 7) is 0. The minimum atomic E-state index is -0.620. The second-order valence-electron chi connectivity index (χ2n) is 7.76. The number of ether oxygens (including phenoxy) is 3. The molecule has 0 fully saturated rings. The van der Waals surface area contributed by atoms with Gasteiger partial charge in [0.05, 0.1) is 33.3 Å². The molecule has 0 aromatic heterocycles. The third-order valence-corrected chi connectivity index (χ3v) is 5.97. The molecule has 1 aliphatic heterocycles. The van der Waals surface area contributed by atoms with Crippen molar-refractivity contribution in [3.63, 3.8) is 0 Å². The third-order valence-electron chi connectivity index (χ3n) is 5.97. The van der Waals surface area contributed by atoms with Crippen molar-refractivity contribution < 1.29 is 23.8 Å². The molecule has 7 nitrogen and oxygen atoms in total. The Morgan fingerprint density at radius 3 is 2.24 bits per heavy atom. The fourth-order valence-electron chi connectivity index (χ4n) is 4.31. The zero-order chi connectivity index (χ0) is 23.5. The molecule has 3 aromatic carbocycles. The molecule has 0 aliphatic carbocycles. The molecule has 0 radical (unpaired) electrons. The van der Waals surface area contributed by atoms with Gasteiger partial charge in [-0.05, 0) is 41.5 Å². The van der Waals surface area contributed by atoms with Gasteiger partial charge in [0.15, 0.2) is 11.5 Å². The van der Waals surface area contributed by atoms with Gasteiger partial charge in [-0.25, -0.2) is 0 Å². The summed E-state index contributed by atoms with van der Waals surface area (Å²) in [4.78, 5) is 28.5. The van der Waals surface area contributed by atoms with Gasteiger partial charge in [-0.15, -0.1) is 0 Å². The van der Waals surface area contributed by atoms with E-state index >= 15 is 0 Å². The Hall–Kier alpha value is -4.00. The lowest BCUT2D eigenvalue weighted by Gasteiger charge is -2.39. The van der Waals surface area contributed by atoms with E-state index in [1.807, 2.05) is 42.5 Å². The van der Waals surface area contributed by atoms with Crippen LogP contribution >= 0.6 is 0 Å². The van der Waals surface area contributed by atoms with Crippen molar-refractivity contribution in [3.8, 4) is 17.2 Å². The number of carbonyl (C=O) groups excluding carboxylic acids is 2. The van der Waals surface area contributed by atoms with Crippen molar-refractivity contribution in [1.29, 1.82) is 0 Å². The van der Waals surface area contributed by atoms with Gasteiger partial charge in [0.2, 0.25) is 5.91 Å². The van der Waals surface area contributed by atoms with Crippen LogP contribution in [-0.2, 0) is 4.79 Å². The molecule has 0 bridgehead atoms. The lowest BCUT2D eigenvalue weighted by atomic mass is 9.79. The summed E-state index contributed by atoms with van der Waals surface area (Å²) in [6, 6.07) is 19.4. The lowest BCUT2D eigenvalue weighted by molar-refractivity contribution is -0.119. The van der Waals surface area contributed by atoms with E-state index in [-0.39, 0.29) is 11.8 Å². The van der Waals surface area contributed by atoms with Crippen LogP contribution in [0.1, 0.15) is 33.4 Å². The van der Waals surface area contributed by atoms with E-state index in [4.69, 9.17) is 14.2 Å². The quantitative estimate of drug-likeness (QED) is 0.612. The molecule has 4 rings (SSSR count). The van der Waals surface area contributed by atoms with Crippen molar-refractivity contribution in [2.45, 2.75) is 12.0 Å². The lowest BCUT2D eigenvalue weighted by Crippen LogP contribution is -2.44. The summed E-state index contributed by atoms with van der Waals surface area (Å²) in [7, 11) is 6.42. The molecular formula is C26H26N2O5. The van der Waals surface area contributed by atoms with Crippen LogP contribution in [0.4, 0.5) is 5.69 Å². The summed E-state index contributed by atoms with van der Waals surface area (Å²) >= 11 is 0. The molecule has 7 heteroatoms. The number of rotatable bonds is 6. The molecule has 2 amide bonds. The number of hydrogen-bond donors (Lipinski definition) is 1. The van der Waals surface area contributed by atoms with Crippen LogP contribution in [0.15, 0.2) is 66.7 Å². The molecule has 3 aromatic rings. The number of likely N-dealkylation sites (N-methyl/N-ethyl adjacent to an activating group) is 1. The molecule has 1 aliphatic rings. The predicted molar refractivity (Wildman–Crippen MR) is 125 cm³/mol. The maximum Gasteiger partial charge on any atom is 0.254 e. The van der Waals surface area contributed by atoms with E-state index < -0.39 is 12.0 Å². The summed E-state index contributed by atoms with van der Waals surface area (Å²) < 4.78 is 15.9. The summed E-state index contributed by atoms with van der Waals surface area (Å²) in [5.74, 6) is 0.815. The topological polar surface area (TPSA) is 77.1 Å². The maximum absolute atomic E-state index is 13.7. The molecule has 2 atom stereocenters. The van der Waals surface area contributed by atoms with E-state index in [2.05, 4.69) is 5.32 Å². The van der Waals surface area contributed by atoms with Gasteiger partial charge in [-0.3, -0.25) is 9.59 Å². The molecular weight excluding hydrogens is 420 g/mol. The minimum absolute atomic E-state index is 0.124. The van der Waals surface area contributed by atoms with Crippen molar-refractivity contribution >= 4 is 17.5 Å². The highest BCUT2D eigenvalue weighted by atomic mass is 16.5. The van der Waals surface area contributed by atoms with Crippen LogP contribution in [0.25, 0.3) is 0 Å². The average Bonchev–Trinajstić information content (AvgIpc) is 2.86. The zero-order valence-corrected chi connectivity index (χ0v) is 19.0. The number of methoxy groups -OCH3 is 3. The molecule has 0 unspecified atom stereocenters. The Balaban J connectivity index is 1.76. The Bertz CT molecular complexity index is 1180. The first kappa shape index (κ1) is 22.2. The SMILES string of the molecule is COc1ccc([C@H]2[C@H](C(=O)Nc3ccc(OC)c(OC)c3)c3ccccc3C(=O)N2C)cc1. The number of benzene rings is 3. The highest BCUT2D eigenvalue weighted by Gasteiger charge is 2.42. The largest absolute Gasteiger partial charge is 0.497 e. The Kier molecular flexibility index (Phi) is 6.22. The van der Waals surface area contributed by atoms with Crippen LogP contribution in [0.2, 0.25) is 0 Å². The van der Waals surface area contributed by atoms with Crippen LogP contribution in [0, 0.1) is 0 Å². The van der Waals surface area contributed by atoms with Gasteiger partial charge in [-0.2, -0.15) is 0 Å². The minimum Gasteiger partial charge on any atom is -0.497 e. The van der Waals surface area contributed by atoms with Crippen LogP contribution < -0.4 is 19.5 Å². The number of anilines is 1. The molecule has 170 valence electrons. The van der Waals surface area contributed by atoms with Crippen LogP contribution in [-0.4, -0.2) is 45.1 Å². The van der Waals surface area contributed by atoms with Crippen LogP contribution in [0.3, 0.4) is 0 Å². The third kappa shape index (κ3) is 4.09. The zero-order valence-electron chi connectivity index (χ0n) is 19.0. The van der Waals surface area contributed by atoms with Crippen molar-refractivity contribution in [3.05, 3.63) is 83.4 Å².